The van der Waals surface area contributed by atoms with Crippen molar-refractivity contribution in [3.8, 4) is 0 Å². The van der Waals surface area contributed by atoms with Crippen LogP contribution < -0.4 is 5.32 Å². The third-order valence-electron chi connectivity index (χ3n) is 2.27. The number of hydrogen-bond acceptors (Lipinski definition) is 2. The van der Waals surface area contributed by atoms with Crippen LogP contribution in [0.5, 0.6) is 0 Å². The summed E-state index contributed by atoms with van der Waals surface area (Å²) in [5.74, 6) is 1.52. The largest absolute Gasteiger partial charge is 0.363 e. The summed E-state index contributed by atoms with van der Waals surface area (Å²) in [7, 11) is -0.614. The topological polar surface area (TPSA) is 32.3 Å². The van der Waals surface area contributed by atoms with Gasteiger partial charge in [0.2, 0.25) is 0 Å². The molecule has 0 amide bonds. The number of thiocarbonyl (C=S) groups is 1. The number of nitrogens with zero attached hydrogens (tertiary/aromatic N) is 1. The maximum Gasteiger partial charge on any atom is 0.168 e. The molecule has 0 aliphatic carbocycles. The normalized spacial score (nSPS) is 18.2. The van der Waals surface area contributed by atoms with Gasteiger partial charge in [-0.1, -0.05) is 13.3 Å². The Morgan fingerprint density at radius 1 is 1.50 bits per heavy atom. The first kappa shape index (κ1) is 11.9. The fraction of sp³-hybridized carbons (Fsp3) is 0.889. The van der Waals surface area contributed by atoms with E-state index in [-0.39, 0.29) is 0 Å². The molecule has 0 saturated carbocycles. The average Bonchev–Trinajstić information content (AvgIpc) is 2.19. The van der Waals surface area contributed by atoms with Crippen molar-refractivity contribution in [3.63, 3.8) is 0 Å². The average molecular weight is 234 g/mol. The molecule has 1 aliphatic heterocycles. The van der Waals surface area contributed by atoms with E-state index in [0.717, 1.165) is 42.7 Å². The third kappa shape index (κ3) is 3.92. The molecule has 0 unspecified atom stereocenters. The van der Waals surface area contributed by atoms with Gasteiger partial charge < -0.3 is 10.2 Å². The number of rotatable bonds is 3. The predicted molar refractivity (Wildman–Crippen MR) is 65.0 cm³/mol. The van der Waals surface area contributed by atoms with E-state index >= 15 is 0 Å². The minimum Gasteiger partial charge on any atom is -0.363 e. The first-order chi connectivity index (χ1) is 6.74. The Labute approximate surface area is 93.7 Å². The van der Waals surface area contributed by atoms with Crippen LogP contribution in [0.3, 0.4) is 0 Å². The molecular formula is C9H18N2OS2. The van der Waals surface area contributed by atoms with E-state index in [2.05, 4.69) is 17.1 Å². The van der Waals surface area contributed by atoms with Gasteiger partial charge in [-0.25, -0.2) is 0 Å². The maximum absolute atomic E-state index is 11.1. The van der Waals surface area contributed by atoms with Crippen molar-refractivity contribution in [2.45, 2.75) is 19.8 Å². The number of unbranched alkanes of at least 4 members (excludes halogenated alkanes) is 1. The van der Waals surface area contributed by atoms with Crippen LogP contribution in [0, 0.1) is 0 Å². The third-order valence-corrected chi connectivity index (χ3v) is 3.95. The fourth-order valence-corrected chi connectivity index (χ4v) is 2.66. The van der Waals surface area contributed by atoms with Crippen LogP contribution in [-0.2, 0) is 10.8 Å². The Morgan fingerprint density at radius 3 is 2.71 bits per heavy atom. The summed E-state index contributed by atoms with van der Waals surface area (Å²) < 4.78 is 11.1. The second-order valence-electron chi connectivity index (χ2n) is 3.42. The van der Waals surface area contributed by atoms with E-state index < -0.39 is 10.8 Å². The monoisotopic (exact) mass is 234 g/mol. The molecule has 5 heteroatoms. The SMILES string of the molecule is CCCCNC(=S)N1CCS(=O)CC1. The molecule has 14 heavy (non-hydrogen) atoms. The van der Waals surface area contributed by atoms with Gasteiger partial charge in [0.1, 0.15) is 0 Å². The van der Waals surface area contributed by atoms with Gasteiger partial charge in [-0.3, -0.25) is 4.21 Å². The second kappa shape index (κ2) is 6.35. The minimum absolute atomic E-state index is 0.614. The fourth-order valence-electron chi connectivity index (χ4n) is 1.32. The Morgan fingerprint density at radius 2 is 2.14 bits per heavy atom. The van der Waals surface area contributed by atoms with Crippen molar-refractivity contribution in [2.24, 2.45) is 0 Å². The van der Waals surface area contributed by atoms with Crippen LogP contribution in [0.25, 0.3) is 0 Å². The van der Waals surface area contributed by atoms with Gasteiger partial charge in [-0.15, -0.1) is 0 Å². The van der Waals surface area contributed by atoms with Crippen LogP contribution in [0.1, 0.15) is 19.8 Å². The van der Waals surface area contributed by atoms with E-state index in [1.807, 2.05) is 0 Å². The van der Waals surface area contributed by atoms with Gasteiger partial charge in [0, 0.05) is 41.9 Å². The standard InChI is InChI=1S/C9H18N2OS2/c1-2-3-4-10-9(13)11-5-7-14(12)8-6-11/h2-8H2,1H3,(H,10,13). The lowest BCUT2D eigenvalue weighted by molar-refractivity contribution is 0.446. The Hall–Kier alpha value is -0.160. The molecule has 0 aromatic carbocycles. The van der Waals surface area contributed by atoms with E-state index in [4.69, 9.17) is 12.2 Å². The van der Waals surface area contributed by atoms with Gasteiger partial charge in [-0.2, -0.15) is 0 Å². The molecular weight excluding hydrogens is 216 g/mol. The van der Waals surface area contributed by atoms with Crippen LogP contribution in [0.2, 0.25) is 0 Å². The molecule has 1 rings (SSSR count). The molecule has 1 aliphatic rings. The molecule has 0 aromatic heterocycles. The zero-order valence-electron chi connectivity index (χ0n) is 8.62. The molecule has 82 valence electrons. The second-order valence-corrected chi connectivity index (χ2v) is 5.50. The highest BCUT2D eigenvalue weighted by atomic mass is 32.2. The van der Waals surface area contributed by atoms with Crippen molar-refractivity contribution in [3.05, 3.63) is 0 Å². The van der Waals surface area contributed by atoms with E-state index in [0.29, 0.717) is 0 Å². The van der Waals surface area contributed by atoms with Crippen molar-refractivity contribution in [1.29, 1.82) is 0 Å². The number of hydrogen-bond donors (Lipinski definition) is 1. The van der Waals surface area contributed by atoms with Crippen LogP contribution in [0.4, 0.5) is 0 Å². The lowest BCUT2D eigenvalue weighted by Gasteiger charge is -2.28. The molecule has 3 nitrogen and oxygen atoms in total. The van der Waals surface area contributed by atoms with Crippen LogP contribution in [0.15, 0.2) is 0 Å². The molecule has 1 heterocycles. The highest BCUT2D eigenvalue weighted by molar-refractivity contribution is 7.85. The van der Waals surface area contributed by atoms with Crippen molar-refractivity contribution in [2.75, 3.05) is 31.1 Å². The molecule has 0 bridgehead atoms. The first-order valence-electron chi connectivity index (χ1n) is 5.11. The van der Waals surface area contributed by atoms with Crippen molar-refractivity contribution < 1.29 is 4.21 Å². The highest BCUT2D eigenvalue weighted by Crippen LogP contribution is 2.00. The summed E-state index contributed by atoms with van der Waals surface area (Å²) >= 11 is 5.24. The van der Waals surface area contributed by atoms with Gasteiger partial charge in [0.05, 0.1) is 0 Å². The Bertz CT molecular complexity index is 211. The lowest BCUT2D eigenvalue weighted by Crippen LogP contribution is -2.46. The zero-order chi connectivity index (χ0) is 10.4. The quantitative estimate of drug-likeness (QED) is 0.576. The molecule has 0 radical (unpaired) electrons. The molecule has 1 saturated heterocycles. The van der Waals surface area contributed by atoms with E-state index in [1.54, 1.807) is 0 Å². The molecule has 0 spiro atoms. The summed E-state index contributed by atoms with van der Waals surface area (Å²) in [5.41, 5.74) is 0. The van der Waals surface area contributed by atoms with Crippen molar-refractivity contribution in [1.82, 2.24) is 10.2 Å². The Kier molecular flexibility index (Phi) is 5.40. The summed E-state index contributed by atoms with van der Waals surface area (Å²) in [6.07, 6.45) is 2.33. The molecule has 0 aromatic rings. The summed E-state index contributed by atoms with van der Waals surface area (Å²) in [4.78, 5) is 2.12. The summed E-state index contributed by atoms with van der Waals surface area (Å²) in [6.45, 7) is 4.79. The minimum atomic E-state index is -0.614. The molecule has 1 N–H and O–H groups in total. The van der Waals surface area contributed by atoms with E-state index in [9.17, 15) is 4.21 Å². The zero-order valence-corrected chi connectivity index (χ0v) is 10.3. The smallest absolute Gasteiger partial charge is 0.168 e. The van der Waals surface area contributed by atoms with Gasteiger partial charge >= 0.3 is 0 Å². The number of nitrogens with one attached hydrogen (secondary N) is 1. The first-order valence-corrected chi connectivity index (χ1v) is 7.01. The molecule has 0 atom stereocenters. The van der Waals surface area contributed by atoms with Gasteiger partial charge in [-0.05, 0) is 18.6 Å². The van der Waals surface area contributed by atoms with Gasteiger partial charge in [0.25, 0.3) is 0 Å². The molecule has 1 fully saturated rings. The summed E-state index contributed by atoms with van der Waals surface area (Å²) in [6, 6.07) is 0. The van der Waals surface area contributed by atoms with Crippen molar-refractivity contribution >= 4 is 28.1 Å². The van der Waals surface area contributed by atoms with Crippen LogP contribution in [-0.4, -0.2) is 45.4 Å². The lowest BCUT2D eigenvalue weighted by atomic mass is 10.3. The Balaban J connectivity index is 2.20. The van der Waals surface area contributed by atoms with Crippen LogP contribution >= 0.6 is 12.2 Å². The predicted octanol–water partition coefficient (Wildman–Crippen LogP) is 0.725. The van der Waals surface area contributed by atoms with Gasteiger partial charge in [0.15, 0.2) is 5.11 Å². The van der Waals surface area contributed by atoms with E-state index in [1.165, 1.54) is 6.42 Å². The summed E-state index contributed by atoms with van der Waals surface area (Å²) in [5, 5.41) is 4.06. The maximum atomic E-state index is 11.1. The highest BCUT2D eigenvalue weighted by Gasteiger charge is 2.16.